The number of para-hydroxylation sites is 1. The van der Waals surface area contributed by atoms with Crippen molar-refractivity contribution >= 4 is 17.2 Å². The summed E-state index contributed by atoms with van der Waals surface area (Å²) in [5.74, 6) is 1.76. The van der Waals surface area contributed by atoms with E-state index in [2.05, 4.69) is 19.9 Å². The van der Waals surface area contributed by atoms with Crippen molar-refractivity contribution in [2.24, 2.45) is 11.1 Å². The molecule has 1 aromatic rings. The second-order valence-electron chi connectivity index (χ2n) is 6.71. The van der Waals surface area contributed by atoms with E-state index in [4.69, 9.17) is 27.4 Å². The summed E-state index contributed by atoms with van der Waals surface area (Å²) in [4.78, 5) is 0.585. The third kappa shape index (κ3) is 2.75. The van der Waals surface area contributed by atoms with Crippen LogP contribution in [0.4, 0.5) is 0 Å². The first-order chi connectivity index (χ1) is 9.39. The van der Waals surface area contributed by atoms with Crippen molar-refractivity contribution in [2.75, 3.05) is 6.61 Å². The molecule has 1 saturated carbocycles. The van der Waals surface area contributed by atoms with Crippen molar-refractivity contribution in [3.63, 3.8) is 0 Å². The van der Waals surface area contributed by atoms with Crippen molar-refractivity contribution in [3.05, 3.63) is 23.8 Å². The zero-order valence-corrected chi connectivity index (χ0v) is 12.9. The van der Waals surface area contributed by atoms with E-state index in [-0.39, 0.29) is 11.0 Å². The molecule has 2 aliphatic rings. The summed E-state index contributed by atoms with van der Waals surface area (Å²) in [6.45, 7) is 4.88. The lowest BCUT2D eigenvalue weighted by Gasteiger charge is -2.20. The van der Waals surface area contributed by atoms with Gasteiger partial charge in [0.25, 0.3) is 0 Å². The first-order valence-corrected chi connectivity index (χ1v) is 7.52. The molecule has 0 amide bonds. The van der Waals surface area contributed by atoms with Crippen molar-refractivity contribution in [2.45, 2.75) is 45.1 Å². The summed E-state index contributed by atoms with van der Waals surface area (Å²) in [7, 11) is 0. The third-order valence-electron chi connectivity index (χ3n) is 4.10. The molecule has 108 valence electrons. The van der Waals surface area contributed by atoms with E-state index >= 15 is 0 Å². The first kappa shape index (κ1) is 13.7. The van der Waals surface area contributed by atoms with E-state index in [0.29, 0.717) is 11.6 Å². The predicted molar refractivity (Wildman–Crippen MR) is 83.4 cm³/mol. The normalized spacial score (nSPS) is 20.9. The minimum atomic E-state index is -0.141. The number of fused-ring (bicyclic) bond motifs is 1. The van der Waals surface area contributed by atoms with Gasteiger partial charge in [0.05, 0.1) is 11.6 Å². The standard InChI is InChI=1S/C16H21NO2S/c1-15(2)8-11-4-3-5-12(14(11)19-15)18-10-16(6-7-16)9-13(17)20/h3-5H,6-10H2,1-2H3,(H2,17,20). The summed E-state index contributed by atoms with van der Waals surface area (Å²) in [6, 6.07) is 6.13. The van der Waals surface area contributed by atoms with E-state index in [1.54, 1.807) is 0 Å². The van der Waals surface area contributed by atoms with Crippen molar-refractivity contribution < 1.29 is 9.47 Å². The maximum Gasteiger partial charge on any atom is 0.165 e. The van der Waals surface area contributed by atoms with Crippen LogP contribution in [0.5, 0.6) is 11.5 Å². The molecule has 0 bridgehead atoms. The van der Waals surface area contributed by atoms with Gasteiger partial charge in [-0.15, -0.1) is 0 Å². The van der Waals surface area contributed by atoms with Gasteiger partial charge in [-0.25, -0.2) is 0 Å². The molecule has 0 saturated heterocycles. The lowest BCUT2D eigenvalue weighted by Crippen LogP contribution is -2.25. The Morgan fingerprint density at radius 3 is 2.80 bits per heavy atom. The highest BCUT2D eigenvalue weighted by molar-refractivity contribution is 7.80. The Balaban J connectivity index is 1.71. The molecule has 3 rings (SSSR count). The van der Waals surface area contributed by atoms with E-state index in [1.165, 1.54) is 5.56 Å². The smallest absolute Gasteiger partial charge is 0.165 e. The Labute approximate surface area is 125 Å². The molecule has 3 nitrogen and oxygen atoms in total. The average Bonchev–Trinajstić information content (AvgIpc) is 3.00. The van der Waals surface area contributed by atoms with Crippen LogP contribution in [0.1, 0.15) is 38.7 Å². The fraction of sp³-hybridized carbons (Fsp3) is 0.562. The Hall–Kier alpha value is -1.29. The number of hydrogen-bond donors (Lipinski definition) is 1. The largest absolute Gasteiger partial charge is 0.489 e. The molecule has 20 heavy (non-hydrogen) atoms. The minimum Gasteiger partial charge on any atom is -0.489 e. The highest BCUT2D eigenvalue weighted by Crippen LogP contribution is 2.50. The van der Waals surface area contributed by atoms with Gasteiger partial charge in [0.2, 0.25) is 0 Å². The zero-order valence-electron chi connectivity index (χ0n) is 12.1. The molecule has 2 N–H and O–H groups in total. The molecular formula is C16H21NO2S. The number of thiocarbonyl (C=S) groups is 1. The summed E-state index contributed by atoms with van der Waals surface area (Å²) >= 11 is 5.02. The quantitative estimate of drug-likeness (QED) is 0.846. The van der Waals surface area contributed by atoms with Crippen LogP contribution in [0.25, 0.3) is 0 Å². The molecule has 0 radical (unpaired) electrons. The van der Waals surface area contributed by atoms with Crippen LogP contribution in [0.15, 0.2) is 18.2 Å². The molecule has 4 heteroatoms. The van der Waals surface area contributed by atoms with Crippen LogP contribution in [-0.4, -0.2) is 17.2 Å². The molecule has 1 heterocycles. The lowest BCUT2D eigenvalue weighted by molar-refractivity contribution is 0.129. The number of hydrogen-bond acceptors (Lipinski definition) is 3. The molecule has 1 aliphatic heterocycles. The summed E-state index contributed by atoms with van der Waals surface area (Å²) in [5, 5.41) is 0. The molecule has 0 unspecified atom stereocenters. The van der Waals surface area contributed by atoms with Crippen molar-refractivity contribution in [1.29, 1.82) is 0 Å². The molecule has 0 spiro atoms. The maximum absolute atomic E-state index is 6.03. The molecular weight excluding hydrogens is 270 g/mol. The van der Waals surface area contributed by atoms with Gasteiger partial charge in [-0.1, -0.05) is 24.4 Å². The van der Waals surface area contributed by atoms with E-state index in [0.717, 1.165) is 37.2 Å². The van der Waals surface area contributed by atoms with Crippen LogP contribution in [0.2, 0.25) is 0 Å². The van der Waals surface area contributed by atoms with E-state index < -0.39 is 0 Å². The van der Waals surface area contributed by atoms with Gasteiger partial charge in [0, 0.05) is 23.8 Å². The Morgan fingerprint density at radius 2 is 2.15 bits per heavy atom. The summed E-state index contributed by atoms with van der Waals surface area (Å²) < 4.78 is 12.0. The van der Waals surface area contributed by atoms with Gasteiger partial charge < -0.3 is 15.2 Å². The van der Waals surface area contributed by atoms with E-state index in [1.807, 2.05) is 12.1 Å². The van der Waals surface area contributed by atoms with Crippen molar-refractivity contribution in [3.8, 4) is 11.5 Å². The van der Waals surface area contributed by atoms with Crippen LogP contribution in [0, 0.1) is 5.41 Å². The molecule has 1 fully saturated rings. The minimum absolute atomic E-state index is 0.141. The summed E-state index contributed by atoms with van der Waals surface area (Å²) in [6.07, 6.45) is 4.00. The Bertz CT molecular complexity index is 549. The van der Waals surface area contributed by atoms with Gasteiger partial charge >= 0.3 is 0 Å². The number of benzene rings is 1. The van der Waals surface area contributed by atoms with Crippen LogP contribution in [0.3, 0.4) is 0 Å². The van der Waals surface area contributed by atoms with Crippen LogP contribution < -0.4 is 15.2 Å². The third-order valence-corrected chi connectivity index (χ3v) is 4.24. The summed E-state index contributed by atoms with van der Waals surface area (Å²) in [5.41, 5.74) is 6.92. The second-order valence-corrected chi connectivity index (χ2v) is 7.24. The second kappa shape index (κ2) is 4.62. The molecule has 0 atom stereocenters. The number of ether oxygens (including phenoxy) is 2. The van der Waals surface area contributed by atoms with Gasteiger partial charge in [-0.3, -0.25) is 0 Å². The first-order valence-electron chi connectivity index (χ1n) is 7.11. The fourth-order valence-corrected chi connectivity index (χ4v) is 3.16. The molecule has 0 aromatic heterocycles. The SMILES string of the molecule is CC1(C)Cc2cccc(OCC3(CC(N)=S)CC3)c2O1. The Kier molecular flexibility index (Phi) is 3.16. The monoisotopic (exact) mass is 291 g/mol. The average molecular weight is 291 g/mol. The van der Waals surface area contributed by atoms with Gasteiger partial charge in [-0.05, 0) is 32.8 Å². The van der Waals surface area contributed by atoms with Gasteiger partial charge in [0.1, 0.15) is 5.60 Å². The van der Waals surface area contributed by atoms with Gasteiger partial charge in [-0.2, -0.15) is 0 Å². The maximum atomic E-state index is 6.03. The highest BCUT2D eigenvalue weighted by atomic mass is 32.1. The van der Waals surface area contributed by atoms with Gasteiger partial charge in [0.15, 0.2) is 11.5 Å². The zero-order chi connectivity index (χ0) is 14.4. The topological polar surface area (TPSA) is 44.5 Å². The predicted octanol–water partition coefficient (Wildman–Crippen LogP) is 3.24. The lowest BCUT2D eigenvalue weighted by atomic mass is 10.0. The van der Waals surface area contributed by atoms with E-state index in [9.17, 15) is 0 Å². The van der Waals surface area contributed by atoms with Crippen LogP contribution >= 0.6 is 12.2 Å². The van der Waals surface area contributed by atoms with Crippen LogP contribution in [-0.2, 0) is 6.42 Å². The molecule has 1 aliphatic carbocycles. The highest BCUT2D eigenvalue weighted by Gasteiger charge is 2.44. The number of nitrogens with two attached hydrogens (primary N) is 1. The fourth-order valence-electron chi connectivity index (χ4n) is 2.85. The number of rotatable bonds is 5. The Morgan fingerprint density at radius 1 is 1.40 bits per heavy atom. The molecule has 1 aromatic carbocycles. The van der Waals surface area contributed by atoms with Crippen molar-refractivity contribution in [1.82, 2.24) is 0 Å².